The number of fused-ring (bicyclic) bond motifs is 3. The van der Waals surface area contributed by atoms with Gasteiger partial charge < -0.3 is 9.88 Å². The minimum absolute atomic E-state index is 0.158. The van der Waals surface area contributed by atoms with Crippen LogP contribution in [0.4, 0.5) is 0 Å². The van der Waals surface area contributed by atoms with E-state index in [9.17, 15) is 4.79 Å². The first kappa shape index (κ1) is 11.5. The van der Waals surface area contributed by atoms with E-state index in [0.29, 0.717) is 6.54 Å². The average Bonchev–Trinajstić information content (AvgIpc) is 2.44. The maximum Gasteiger partial charge on any atom is 0.255 e. The first-order valence-electron chi connectivity index (χ1n) is 6.57. The second-order valence-electron chi connectivity index (χ2n) is 4.91. The Hall–Kier alpha value is -1.61. The topological polar surface area (TPSA) is 34.0 Å². The molecule has 0 saturated heterocycles. The van der Waals surface area contributed by atoms with E-state index in [-0.39, 0.29) is 5.56 Å². The lowest BCUT2D eigenvalue weighted by atomic mass is 9.95. The van der Waals surface area contributed by atoms with Gasteiger partial charge in [-0.05, 0) is 30.5 Å². The molecule has 0 amide bonds. The Morgan fingerprint density at radius 2 is 2.17 bits per heavy atom. The van der Waals surface area contributed by atoms with Crippen LogP contribution in [0.15, 0.2) is 23.0 Å². The minimum Gasteiger partial charge on any atom is -0.312 e. The van der Waals surface area contributed by atoms with E-state index >= 15 is 0 Å². The van der Waals surface area contributed by atoms with Crippen molar-refractivity contribution >= 4 is 10.9 Å². The number of benzene rings is 1. The molecular formula is C15H18N2O. The summed E-state index contributed by atoms with van der Waals surface area (Å²) in [5.41, 5.74) is 4.73. The summed E-state index contributed by atoms with van der Waals surface area (Å²) in [6, 6.07) is 6.38. The molecule has 2 aromatic rings. The molecule has 0 radical (unpaired) electrons. The molecular weight excluding hydrogens is 224 g/mol. The van der Waals surface area contributed by atoms with Gasteiger partial charge in [-0.15, -0.1) is 0 Å². The lowest BCUT2D eigenvalue weighted by Crippen LogP contribution is -2.33. The smallest absolute Gasteiger partial charge is 0.255 e. The molecule has 18 heavy (non-hydrogen) atoms. The van der Waals surface area contributed by atoms with Crippen LogP contribution < -0.4 is 10.9 Å². The molecule has 1 aliphatic rings. The third kappa shape index (κ3) is 1.51. The third-order valence-corrected chi connectivity index (χ3v) is 3.94. The first-order chi connectivity index (χ1) is 8.74. The van der Waals surface area contributed by atoms with Crippen LogP contribution in [0, 0.1) is 0 Å². The van der Waals surface area contributed by atoms with Crippen LogP contribution in [-0.4, -0.2) is 11.1 Å². The molecule has 94 valence electrons. The second kappa shape index (κ2) is 4.25. The first-order valence-corrected chi connectivity index (χ1v) is 6.57. The summed E-state index contributed by atoms with van der Waals surface area (Å²) in [5, 5.41) is 4.55. The van der Waals surface area contributed by atoms with Gasteiger partial charge in [0.15, 0.2) is 0 Å². The Labute approximate surface area is 106 Å². The fourth-order valence-corrected chi connectivity index (χ4v) is 3.01. The molecule has 1 N–H and O–H groups in total. The number of para-hydroxylation sites is 1. The molecule has 0 fully saturated rings. The fourth-order valence-electron chi connectivity index (χ4n) is 3.01. The number of hydrogen-bond donors (Lipinski definition) is 1. The van der Waals surface area contributed by atoms with Crippen molar-refractivity contribution in [3.8, 4) is 0 Å². The van der Waals surface area contributed by atoms with E-state index in [1.165, 1.54) is 16.5 Å². The normalized spacial score (nSPS) is 14.8. The van der Waals surface area contributed by atoms with Crippen LogP contribution in [0.3, 0.4) is 0 Å². The molecule has 3 heteroatoms. The van der Waals surface area contributed by atoms with Crippen molar-refractivity contribution in [2.75, 3.05) is 6.54 Å². The Morgan fingerprint density at radius 3 is 2.94 bits per heavy atom. The molecule has 0 aliphatic carbocycles. The van der Waals surface area contributed by atoms with E-state index < -0.39 is 0 Å². The van der Waals surface area contributed by atoms with Crippen molar-refractivity contribution in [3.05, 3.63) is 45.2 Å². The summed E-state index contributed by atoms with van der Waals surface area (Å²) >= 11 is 0. The van der Waals surface area contributed by atoms with E-state index in [0.717, 1.165) is 30.5 Å². The molecule has 0 bridgehead atoms. The van der Waals surface area contributed by atoms with E-state index in [4.69, 9.17) is 0 Å². The van der Waals surface area contributed by atoms with E-state index in [1.807, 2.05) is 11.6 Å². The Morgan fingerprint density at radius 1 is 1.33 bits per heavy atom. The average molecular weight is 242 g/mol. The van der Waals surface area contributed by atoms with Gasteiger partial charge >= 0.3 is 0 Å². The molecule has 0 saturated carbocycles. The Balaban J connectivity index is 2.49. The molecule has 0 atom stereocenters. The monoisotopic (exact) mass is 242 g/mol. The number of rotatable bonds is 1. The lowest BCUT2D eigenvalue weighted by Gasteiger charge is -2.21. The van der Waals surface area contributed by atoms with Gasteiger partial charge in [0, 0.05) is 24.5 Å². The zero-order valence-electron chi connectivity index (χ0n) is 10.9. The van der Waals surface area contributed by atoms with Crippen molar-refractivity contribution in [2.45, 2.75) is 26.3 Å². The summed E-state index contributed by atoms with van der Waals surface area (Å²) in [6.45, 7) is 3.81. The molecule has 0 spiro atoms. The van der Waals surface area contributed by atoms with Gasteiger partial charge in [0.05, 0.1) is 5.52 Å². The Kier molecular flexibility index (Phi) is 2.71. The van der Waals surface area contributed by atoms with Crippen molar-refractivity contribution in [1.82, 2.24) is 9.88 Å². The summed E-state index contributed by atoms with van der Waals surface area (Å²) < 4.78 is 1.82. The lowest BCUT2D eigenvalue weighted by molar-refractivity contribution is 0.633. The predicted molar refractivity (Wildman–Crippen MR) is 74.0 cm³/mol. The zero-order chi connectivity index (χ0) is 12.7. The molecule has 3 nitrogen and oxygen atoms in total. The van der Waals surface area contributed by atoms with Gasteiger partial charge in [-0.1, -0.05) is 25.1 Å². The highest BCUT2D eigenvalue weighted by Crippen LogP contribution is 2.25. The van der Waals surface area contributed by atoms with Gasteiger partial charge in [0.1, 0.15) is 0 Å². The van der Waals surface area contributed by atoms with Crippen LogP contribution in [0.1, 0.15) is 23.6 Å². The standard InChI is InChI=1S/C15H18N2O/c1-3-10-5-4-6-12-11-7-8-16-9-13(11)15(18)17(2)14(10)12/h4-6,16H,3,7-9H2,1-2H3. The number of aromatic nitrogens is 1. The predicted octanol–water partition coefficient (Wildman–Crippen LogP) is 1.75. The van der Waals surface area contributed by atoms with Gasteiger partial charge in [0.2, 0.25) is 0 Å². The molecule has 1 aromatic heterocycles. The van der Waals surface area contributed by atoms with Gasteiger partial charge in [-0.2, -0.15) is 0 Å². The maximum atomic E-state index is 12.4. The summed E-state index contributed by atoms with van der Waals surface area (Å²) in [7, 11) is 1.89. The maximum absolute atomic E-state index is 12.4. The molecule has 3 rings (SSSR count). The van der Waals surface area contributed by atoms with Gasteiger partial charge in [0.25, 0.3) is 5.56 Å². The quantitative estimate of drug-likeness (QED) is 0.826. The highest BCUT2D eigenvalue weighted by molar-refractivity contribution is 5.86. The van der Waals surface area contributed by atoms with E-state index in [2.05, 4.69) is 30.4 Å². The van der Waals surface area contributed by atoms with Gasteiger partial charge in [-0.3, -0.25) is 4.79 Å². The van der Waals surface area contributed by atoms with Crippen molar-refractivity contribution in [2.24, 2.45) is 7.05 Å². The number of hydrogen-bond acceptors (Lipinski definition) is 2. The van der Waals surface area contributed by atoms with Crippen LogP contribution in [0.25, 0.3) is 10.9 Å². The van der Waals surface area contributed by atoms with Crippen LogP contribution in [-0.2, 0) is 26.4 Å². The van der Waals surface area contributed by atoms with Crippen molar-refractivity contribution < 1.29 is 0 Å². The number of nitrogens with one attached hydrogen (secondary N) is 1. The molecule has 2 heterocycles. The second-order valence-corrected chi connectivity index (χ2v) is 4.91. The highest BCUT2D eigenvalue weighted by Gasteiger charge is 2.18. The summed E-state index contributed by atoms with van der Waals surface area (Å²) in [6.07, 6.45) is 1.91. The number of aryl methyl sites for hydroxylation is 2. The highest BCUT2D eigenvalue weighted by atomic mass is 16.1. The summed E-state index contributed by atoms with van der Waals surface area (Å²) in [5.74, 6) is 0. The van der Waals surface area contributed by atoms with Crippen LogP contribution in [0.5, 0.6) is 0 Å². The van der Waals surface area contributed by atoms with Gasteiger partial charge in [-0.25, -0.2) is 0 Å². The SMILES string of the molecule is CCc1cccc2c3c(c(=O)n(C)c12)CNCC3. The third-order valence-electron chi connectivity index (χ3n) is 3.94. The van der Waals surface area contributed by atoms with Crippen LogP contribution in [0.2, 0.25) is 0 Å². The fraction of sp³-hybridized carbons (Fsp3) is 0.400. The van der Waals surface area contributed by atoms with Crippen LogP contribution >= 0.6 is 0 Å². The number of pyridine rings is 1. The largest absolute Gasteiger partial charge is 0.312 e. The summed E-state index contributed by atoms with van der Waals surface area (Å²) in [4.78, 5) is 12.4. The molecule has 1 aliphatic heterocycles. The zero-order valence-corrected chi connectivity index (χ0v) is 10.9. The van der Waals surface area contributed by atoms with Crippen molar-refractivity contribution in [1.29, 1.82) is 0 Å². The van der Waals surface area contributed by atoms with E-state index in [1.54, 1.807) is 0 Å². The van der Waals surface area contributed by atoms with Crippen molar-refractivity contribution in [3.63, 3.8) is 0 Å². The molecule has 0 unspecified atom stereocenters. The Bertz CT molecular complexity index is 670. The molecule has 1 aromatic carbocycles. The minimum atomic E-state index is 0.158. The number of nitrogens with zero attached hydrogens (tertiary/aromatic N) is 1.